The second-order valence-electron chi connectivity index (χ2n) is 18.1. The SMILES string of the molecule is CC(C)(C)[C@H](NC(=O)CCN1CC(CC#Cc2ccc3c(c2)CN([C@H]2C(C)(C)[C@H](Oc4ccc(C#N)c(Cl)c4)C2(C)C)C3=O)C1)C(=O)N1C[C@H](O)C[C@H]1C(N)=O. The molecule has 3 aliphatic heterocycles. The standard InChI is InChI=1S/C43H53ClN6O6/c1-41(2,3)35(38(55)49-24-29(51)18-33(49)36(46)53)47-34(52)15-16-48-21-26(22-48)10-8-9-25-11-14-31-28(17-25)23-50(37(31)54)39-42(4,5)40(43(39,6)7)56-30-13-12-27(20-45)32(44)19-30/h11-14,17,19,26,29,33,35,39-40,51H,10,15-16,18,21-24H2,1-7H3,(H2,46,53)(H,47,52)/t29-,33+,35-,39-,40-/m1/s1. The number of likely N-dealkylation sites (tertiary alicyclic amines) is 2. The molecule has 12 nitrogen and oxygen atoms in total. The van der Waals surface area contributed by atoms with Crippen molar-refractivity contribution >= 4 is 35.2 Å². The number of β-amino-alcohol motifs (C(OH)–C–C–N with tert-alkyl or cyclic N) is 1. The molecule has 0 bridgehead atoms. The van der Waals surface area contributed by atoms with Crippen LogP contribution in [0.5, 0.6) is 5.75 Å². The number of nitrogens with two attached hydrogens (primary N) is 1. The van der Waals surface area contributed by atoms with Crippen molar-refractivity contribution in [3.63, 3.8) is 0 Å². The van der Waals surface area contributed by atoms with E-state index < -0.39 is 35.4 Å². The van der Waals surface area contributed by atoms with E-state index in [0.717, 1.165) is 24.2 Å². The van der Waals surface area contributed by atoms with Crippen LogP contribution in [0.4, 0.5) is 0 Å². The number of carbonyl (C=O) groups is 4. The molecule has 56 heavy (non-hydrogen) atoms. The Morgan fingerprint density at radius 3 is 2.41 bits per heavy atom. The zero-order valence-corrected chi connectivity index (χ0v) is 34.1. The van der Waals surface area contributed by atoms with Crippen LogP contribution < -0.4 is 15.8 Å². The van der Waals surface area contributed by atoms with Crippen LogP contribution in [-0.4, -0.2) is 99.9 Å². The summed E-state index contributed by atoms with van der Waals surface area (Å²) >= 11 is 6.27. The molecule has 0 radical (unpaired) electrons. The van der Waals surface area contributed by atoms with Crippen LogP contribution in [0.2, 0.25) is 5.02 Å². The van der Waals surface area contributed by atoms with Crippen LogP contribution in [-0.2, 0) is 20.9 Å². The highest BCUT2D eigenvalue weighted by Gasteiger charge is 2.67. The maximum atomic E-state index is 13.7. The Balaban J connectivity index is 0.977. The Kier molecular flexibility index (Phi) is 11.3. The third kappa shape index (κ3) is 7.98. The summed E-state index contributed by atoms with van der Waals surface area (Å²) in [6, 6.07) is 11.1. The van der Waals surface area contributed by atoms with Gasteiger partial charge in [0.2, 0.25) is 17.7 Å². The largest absolute Gasteiger partial charge is 0.489 e. The van der Waals surface area contributed by atoms with Crippen LogP contribution in [0.15, 0.2) is 36.4 Å². The summed E-state index contributed by atoms with van der Waals surface area (Å²) in [5, 5.41) is 22.5. The zero-order valence-electron chi connectivity index (χ0n) is 33.3. The maximum Gasteiger partial charge on any atom is 0.254 e. The number of ether oxygens (including phenoxy) is 1. The van der Waals surface area contributed by atoms with Gasteiger partial charge in [-0.25, -0.2) is 0 Å². The molecule has 4 amide bonds. The minimum absolute atomic E-state index is 0.00617. The number of primary amides is 1. The van der Waals surface area contributed by atoms with Crippen LogP contribution >= 0.6 is 11.6 Å². The van der Waals surface area contributed by atoms with Crippen molar-refractivity contribution in [1.82, 2.24) is 20.0 Å². The second-order valence-corrected chi connectivity index (χ2v) is 18.6. The van der Waals surface area contributed by atoms with Gasteiger partial charge >= 0.3 is 0 Å². The van der Waals surface area contributed by atoms with Crippen molar-refractivity contribution in [2.75, 3.05) is 26.2 Å². The van der Waals surface area contributed by atoms with Crippen LogP contribution in [0.3, 0.4) is 0 Å². The summed E-state index contributed by atoms with van der Waals surface area (Å²) < 4.78 is 6.45. The first-order valence-corrected chi connectivity index (χ1v) is 19.7. The molecule has 3 heterocycles. The monoisotopic (exact) mass is 784 g/mol. The van der Waals surface area contributed by atoms with Gasteiger partial charge in [0.25, 0.3) is 5.91 Å². The summed E-state index contributed by atoms with van der Waals surface area (Å²) in [7, 11) is 0. The molecule has 1 saturated carbocycles. The lowest BCUT2D eigenvalue weighted by Crippen LogP contribution is -2.74. The van der Waals surface area contributed by atoms with Crippen molar-refractivity contribution in [2.45, 2.75) is 105 Å². The highest BCUT2D eigenvalue weighted by Crippen LogP contribution is 2.59. The summed E-state index contributed by atoms with van der Waals surface area (Å²) in [6.07, 6.45) is 0.00729. The molecule has 298 valence electrons. The van der Waals surface area contributed by atoms with Gasteiger partial charge in [-0.15, -0.1) is 0 Å². The smallest absolute Gasteiger partial charge is 0.254 e. The molecule has 2 aromatic rings. The van der Waals surface area contributed by atoms with E-state index in [1.807, 2.05) is 43.9 Å². The fourth-order valence-electron chi connectivity index (χ4n) is 9.56. The van der Waals surface area contributed by atoms with E-state index in [4.69, 9.17) is 22.1 Å². The summed E-state index contributed by atoms with van der Waals surface area (Å²) in [5.74, 6) is 6.26. The van der Waals surface area contributed by atoms with E-state index >= 15 is 0 Å². The number of rotatable bonds is 10. The fraction of sp³-hybridized carbons (Fsp3) is 0.558. The number of benzene rings is 2. The number of carbonyl (C=O) groups excluding carboxylic acids is 4. The van der Waals surface area contributed by atoms with Gasteiger partial charge in [0.15, 0.2) is 0 Å². The lowest BCUT2D eigenvalue weighted by molar-refractivity contribution is -0.199. The van der Waals surface area contributed by atoms with Gasteiger partial charge < -0.3 is 35.6 Å². The number of aliphatic hydroxyl groups excluding tert-OH is 1. The van der Waals surface area contributed by atoms with Crippen LogP contribution in [0.1, 0.15) is 94.8 Å². The van der Waals surface area contributed by atoms with Crippen LogP contribution in [0.25, 0.3) is 0 Å². The average molecular weight is 785 g/mol. The molecule has 0 spiro atoms. The molecule has 13 heteroatoms. The fourth-order valence-corrected chi connectivity index (χ4v) is 9.77. The van der Waals surface area contributed by atoms with Crippen molar-refractivity contribution in [2.24, 2.45) is 27.9 Å². The number of aliphatic hydroxyl groups is 1. The number of amides is 4. The molecule has 1 aliphatic carbocycles. The van der Waals surface area contributed by atoms with Crippen LogP contribution in [0, 0.1) is 45.3 Å². The third-order valence-electron chi connectivity index (χ3n) is 11.9. The highest BCUT2D eigenvalue weighted by atomic mass is 35.5. The average Bonchev–Trinajstić information content (AvgIpc) is 3.64. The quantitative estimate of drug-likeness (QED) is 0.303. The number of fused-ring (bicyclic) bond motifs is 1. The topological polar surface area (TPSA) is 169 Å². The van der Waals surface area contributed by atoms with Crippen molar-refractivity contribution in [3.8, 4) is 23.7 Å². The minimum Gasteiger partial charge on any atom is -0.489 e. The number of nitrogens with one attached hydrogen (secondary N) is 1. The second kappa shape index (κ2) is 15.4. The molecule has 2 saturated heterocycles. The summed E-state index contributed by atoms with van der Waals surface area (Å²) in [5.41, 5.74) is 7.09. The molecule has 2 aromatic carbocycles. The molecule has 0 aromatic heterocycles. The van der Waals surface area contributed by atoms with Gasteiger partial charge in [-0.2, -0.15) is 5.26 Å². The van der Waals surface area contributed by atoms with E-state index in [1.54, 1.807) is 18.2 Å². The molecule has 3 fully saturated rings. The van der Waals surface area contributed by atoms with Crippen molar-refractivity contribution in [1.29, 1.82) is 5.26 Å². The first-order chi connectivity index (χ1) is 26.2. The van der Waals surface area contributed by atoms with Crippen molar-refractivity contribution < 1.29 is 29.0 Å². The minimum atomic E-state index is -0.894. The Morgan fingerprint density at radius 1 is 1.09 bits per heavy atom. The predicted molar refractivity (Wildman–Crippen MR) is 211 cm³/mol. The number of nitriles is 1. The van der Waals surface area contributed by atoms with Gasteiger partial charge in [0, 0.05) is 86.1 Å². The Labute approximate surface area is 334 Å². The highest BCUT2D eigenvalue weighted by molar-refractivity contribution is 6.31. The molecular weight excluding hydrogens is 732 g/mol. The molecule has 3 atom stereocenters. The van der Waals surface area contributed by atoms with E-state index in [0.29, 0.717) is 47.3 Å². The van der Waals surface area contributed by atoms with Crippen molar-refractivity contribution in [3.05, 3.63) is 63.7 Å². The number of nitrogens with zero attached hydrogens (tertiary/aromatic N) is 4. The Hall–Kier alpha value is -4.62. The van der Waals surface area contributed by atoms with Gasteiger partial charge in [-0.05, 0) is 47.2 Å². The lowest BCUT2D eigenvalue weighted by atomic mass is 9.49. The zero-order chi connectivity index (χ0) is 40.9. The number of hydrogen-bond donors (Lipinski definition) is 3. The summed E-state index contributed by atoms with van der Waals surface area (Å²) in [4.78, 5) is 57.5. The van der Waals surface area contributed by atoms with Gasteiger partial charge in [0.1, 0.15) is 30.0 Å². The van der Waals surface area contributed by atoms with E-state index in [9.17, 15) is 29.5 Å². The first kappa shape index (κ1) is 41.0. The number of hydrogen-bond acceptors (Lipinski definition) is 8. The molecule has 4 N–H and O–H groups in total. The molecule has 0 unspecified atom stereocenters. The normalized spacial score (nSPS) is 24.5. The van der Waals surface area contributed by atoms with Gasteiger partial charge in [-0.1, -0.05) is 71.9 Å². The third-order valence-corrected chi connectivity index (χ3v) is 12.3. The molecule has 6 rings (SSSR count). The van der Waals surface area contributed by atoms with Gasteiger partial charge in [0.05, 0.1) is 16.7 Å². The van der Waals surface area contributed by atoms with E-state index in [1.165, 1.54) is 4.90 Å². The summed E-state index contributed by atoms with van der Waals surface area (Å²) in [6.45, 7) is 16.7. The maximum absolute atomic E-state index is 13.7. The molecule has 4 aliphatic rings. The van der Waals surface area contributed by atoms with E-state index in [-0.39, 0.29) is 54.2 Å². The first-order valence-electron chi connectivity index (χ1n) is 19.3. The van der Waals surface area contributed by atoms with E-state index in [2.05, 4.69) is 55.8 Å². The van der Waals surface area contributed by atoms with Gasteiger partial charge in [-0.3, -0.25) is 19.2 Å². The number of halogens is 1. The Bertz CT molecular complexity index is 2000. The Morgan fingerprint density at radius 2 is 1.79 bits per heavy atom. The molecular formula is C43H53ClN6O6. The lowest BCUT2D eigenvalue weighted by Gasteiger charge is -2.65. The predicted octanol–water partition coefficient (Wildman–Crippen LogP) is 4.09.